The van der Waals surface area contributed by atoms with Gasteiger partial charge < -0.3 is 9.15 Å². The normalized spacial score (nSPS) is 23.1. The number of para-hydroxylation sites is 1. The van der Waals surface area contributed by atoms with Crippen molar-refractivity contribution in [3.8, 4) is 5.75 Å². The first-order valence-electron chi connectivity index (χ1n) is 7.32. The van der Waals surface area contributed by atoms with Crippen LogP contribution < -0.4 is 4.74 Å². The lowest BCUT2D eigenvalue weighted by molar-refractivity contribution is 0.0650. The van der Waals surface area contributed by atoms with Gasteiger partial charge in [0.25, 0.3) is 0 Å². The number of nitrogens with zero attached hydrogens (tertiary/aromatic N) is 1. The molecule has 2 atom stereocenters. The molecule has 1 aromatic carbocycles. The Hall–Kier alpha value is -1.74. The molecule has 0 bridgehead atoms. The Bertz CT molecular complexity index is 509. The summed E-state index contributed by atoms with van der Waals surface area (Å²) in [4.78, 5) is 2.41. The van der Waals surface area contributed by atoms with Gasteiger partial charge in [0.1, 0.15) is 5.75 Å². The number of furan rings is 1. The van der Waals surface area contributed by atoms with Gasteiger partial charge in [-0.15, -0.1) is 0 Å². The maximum atomic E-state index is 6.13. The Kier molecular flexibility index (Phi) is 4.07. The lowest BCUT2D eigenvalue weighted by Gasteiger charge is -2.23. The molecule has 1 saturated heterocycles. The van der Waals surface area contributed by atoms with Gasteiger partial charge in [0.2, 0.25) is 0 Å². The maximum Gasteiger partial charge on any atom is 0.152 e. The zero-order valence-corrected chi connectivity index (χ0v) is 11.9. The Labute approximate surface area is 120 Å². The van der Waals surface area contributed by atoms with Gasteiger partial charge in [-0.1, -0.05) is 25.1 Å². The van der Waals surface area contributed by atoms with Crippen LogP contribution in [0, 0.1) is 5.92 Å². The van der Waals surface area contributed by atoms with Gasteiger partial charge in [-0.25, -0.2) is 0 Å². The summed E-state index contributed by atoms with van der Waals surface area (Å²) in [5.74, 6) is 1.60. The minimum Gasteiger partial charge on any atom is -0.475 e. The molecule has 0 aliphatic carbocycles. The average molecular weight is 271 g/mol. The van der Waals surface area contributed by atoms with Crippen LogP contribution in [0.4, 0.5) is 0 Å². The standard InChI is InChI=1S/C17H21NO2/c1-2-18-12-15(10-14-8-9-19-13-14)11-17(18)20-16-6-4-3-5-7-16/h3-9,13,15,17H,2,10-12H2,1H3. The third-order valence-electron chi connectivity index (χ3n) is 3.96. The fourth-order valence-electron chi connectivity index (χ4n) is 2.96. The van der Waals surface area contributed by atoms with Crippen molar-refractivity contribution >= 4 is 0 Å². The monoisotopic (exact) mass is 271 g/mol. The van der Waals surface area contributed by atoms with E-state index in [1.807, 2.05) is 36.6 Å². The van der Waals surface area contributed by atoms with Gasteiger partial charge in [-0.2, -0.15) is 0 Å². The van der Waals surface area contributed by atoms with E-state index in [1.165, 1.54) is 5.56 Å². The molecule has 0 spiro atoms. The second-order valence-electron chi connectivity index (χ2n) is 5.41. The summed E-state index contributed by atoms with van der Waals surface area (Å²) in [5, 5.41) is 0. The van der Waals surface area contributed by atoms with Crippen LogP contribution in [0.5, 0.6) is 5.75 Å². The van der Waals surface area contributed by atoms with E-state index in [0.717, 1.165) is 31.7 Å². The number of rotatable bonds is 5. The average Bonchev–Trinajstić information content (AvgIpc) is 3.10. The summed E-state index contributed by atoms with van der Waals surface area (Å²) < 4.78 is 11.3. The predicted octanol–water partition coefficient (Wildman–Crippen LogP) is 3.57. The van der Waals surface area contributed by atoms with Crippen LogP contribution in [0.1, 0.15) is 18.9 Å². The first-order chi connectivity index (χ1) is 9.85. The SMILES string of the molecule is CCN1CC(Cc2ccoc2)CC1Oc1ccccc1. The molecule has 3 heteroatoms. The van der Waals surface area contributed by atoms with Crippen molar-refractivity contribution in [1.29, 1.82) is 0 Å². The lowest BCUT2D eigenvalue weighted by Crippen LogP contribution is -2.33. The molecule has 0 N–H and O–H groups in total. The van der Waals surface area contributed by atoms with Gasteiger partial charge in [0.05, 0.1) is 12.5 Å². The van der Waals surface area contributed by atoms with E-state index in [2.05, 4.69) is 17.9 Å². The maximum absolute atomic E-state index is 6.13. The summed E-state index contributed by atoms with van der Waals surface area (Å²) in [7, 11) is 0. The van der Waals surface area contributed by atoms with Crippen molar-refractivity contribution < 1.29 is 9.15 Å². The molecule has 20 heavy (non-hydrogen) atoms. The van der Waals surface area contributed by atoms with Gasteiger partial charge in [-0.05, 0) is 42.6 Å². The zero-order chi connectivity index (χ0) is 13.8. The van der Waals surface area contributed by atoms with Crippen LogP contribution in [0.25, 0.3) is 0 Å². The van der Waals surface area contributed by atoms with Gasteiger partial charge >= 0.3 is 0 Å². The smallest absolute Gasteiger partial charge is 0.152 e. The first kappa shape index (κ1) is 13.3. The molecule has 1 aliphatic heterocycles. The zero-order valence-electron chi connectivity index (χ0n) is 11.9. The molecule has 2 aromatic rings. The molecular formula is C17H21NO2. The third kappa shape index (κ3) is 3.05. The first-order valence-corrected chi connectivity index (χ1v) is 7.32. The highest BCUT2D eigenvalue weighted by Gasteiger charge is 2.32. The largest absolute Gasteiger partial charge is 0.475 e. The van der Waals surface area contributed by atoms with Crippen molar-refractivity contribution in [3.05, 3.63) is 54.5 Å². The molecule has 3 nitrogen and oxygen atoms in total. The number of ether oxygens (including phenoxy) is 1. The van der Waals surface area contributed by atoms with Crippen LogP contribution in [0.2, 0.25) is 0 Å². The Balaban J connectivity index is 1.62. The summed E-state index contributed by atoms with van der Waals surface area (Å²) in [6.07, 6.45) is 5.94. The second kappa shape index (κ2) is 6.14. The lowest BCUT2D eigenvalue weighted by atomic mass is 10.0. The molecule has 0 saturated carbocycles. The molecule has 1 aromatic heterocycles. The molecule has 106 valence electrons. The highest BCUT2D eigenvalue weighted by Crippen LogP contribution is 2.28. The summed E-state index contributed by atoms with van der Waals surface area (Å²) in [5.41, 5.74) is 1.28. The van der Waals surface area contributed by atoms with Crippen LogP contribution >= 0.6 is 0 Å². The number of hydrogen-bond acceptors (Lipinski definition) is 3. The molecule has 0 radical (unpaired) electrons. The minimum atomic E-state index is 0.194. The van der Waals surface area contributed by atoms with Crippen molar-refractivity contribution in [2.45, 2.75) is 26.0 Å². The third-order valence-corrected chi connectivity index (χ3v) is 3.96. The molecule has 3 rings (SSSR count). The van der Waals surface area contributed by atoms with E-state index < -0.39 is 0 Å². The van der Waals surface area contributed by atoms with Crippen LogP contribution in [0.15, 0.2) is 53.3 Å². The number of benzene rings is 1. The molecule has 1 fully saturated rings. The summed E-state index contributed by atoms with van der Waals surface area (Å²) in [6, 6.07) is 12.2. The Morgan fingerprint density at radius 3 is 2.80 bits per heavy atom. The highest BCUT2D eigenvalue weighted by atomic mass is 16.5. The molecular weight excluding hydrogens is 250 g/mol. The van der Waals surface area contributed by atoms with Crippen LogP contribution in [0.3, 0.4) is 0 Å². The minimum absolute atomic E-state index is 0.194. The topological polar surface area (TPSA) is 25.6 Å². The van der Waals surface area contributed by atoms with Crippen molar-refractivity contribution in [2.24, 2.45) is 5.92 Å². The van der Waals surface area contributed by atoms with Crippen molar-refractivity contribution in [1.82, 2.24) is 4.90 Å². The Morgan fingerprint density at radius 1 is 1.25 bits per heavy atom. The van der Waals surface area contributed by atoms with E-state index in [4.69, 9.17) is 9.15 Å². The van der Waals surface area contributed by atoms with Crippen LogP contribution in [-0.4, -0.2) is 24.2 Å². The molecule has 1 aliphatic rings. The van der Waals surface area contributed by atoms with E-state index in [-0.39, 0.29) is 6.23 Å². The summed E-state index contributed by atoms with van der Waals surface area (Å²) in [6.45, 7) is 4.32. The van der Waals surface area contributed by atoms with E-state index in [0.29, 0.717) is 5.92 Å². The van der Waals surface area contributed by atoms with Gasteiger partial charge in [-0.3, -0.25) is 4.90 Å². The number of likely N-dealkylation sites (tertiary alicyclic amines) is 1. The van der Waals surface area contributed by atoms with E-state index in [9.17, 15) is 0 Å². The Morgan fingerprint density at radius 2 is 2.10 bits per heavy atom. The van der Waals surface area contributed by atoms with E-state index in [1.54, 1.807) is 6.26 Å². The number of hydrogen-bond donors (Lipinski definition) is 0. The molecule has 0 amide bonds. The van der Waals surface area contributed by atoms with Gasteiger partial charge in [0.15, 0.2) is 6.23 Å². The predicted molar refractivity (Wildman–Crippen MR) is 78.6 cm³/mol. The molecule has 2 heterocycles. The van der Waals surface area contributed by atoms with Crippen LogP contribution in [-0.2, 0) is 6.42 Å². The van der Waals surface area contributed by atoms with Gasteiger partial charge in [0, 0.05) is 13.0 Å². The van der Waals surface area contributed by atoms with E-state index >= 15 is 0 Å². The quantitative estimate of drug-likeness (QED) is 0.831. The fraction of sp³-hybridized carbons (Fsp3) is 0.412. The second-order valence-corrected chi connectivity index (χ2v) is 5.41. The summed E-state index contributed by atoms with van der Waals surface area (Å²) >= 11 is 0. The fourth-order valence-corrected chi connectivity index (χ4v) is 2.96. The highest BCUT2D eigenvalue weighted by molar-refractivity contribution is 5.21. The van der Waals surface area contributed by atoms with Crippen molar-refractivity contribution in [2.75, 3.05) is 13.1 Å². The molecule has 2 unspecified atom stereocenters. The van der Waals surface area contributed by atoms with Crippen molar-refractivity contribution in [3.63, 3.8) is 0 Å².